The summed E-state index contributed by atoms with van der Waals surface area (Å²) in [5, 5.41) is 9.29. The highest BCUT2D eigenvalue weighted by Crippen LogP contribution is 2.28. The Morgan fingerprint density at radius 1 is 1.53 bits per heavy atom. The van der Waals surface area contributed by atoms with E-state index < -0.39 is 5.97 Å². The fourth-order valence-corrected chi connectivity index (χ4v) is 1.61. The lowest BCUT2D eigenvalue weighted by atomic mass is 10.1. The van der Waals surface area contributed by atoms with Gasteiger partial charge in [0.1, 0.15) is 6.07 Å². The van der Waals surface area contributed by atoms with E-state index in [9.17, 15) is 4.79 Å². The topological polar surface area (TPSA) is 50.1 Å². The first-order valence-electron chi connectivity index (χ1n) is 4.04. The van der Waals surface area contributed by atoms with E-state index >= 15 is 0 Å². The molecule has 1 rings (SSSR count). The summed E-state index contributed by atoms with van der Waals surface area (Å²) in [6.07, 6.45) is -0.0380. The number of benzene rings is 1. The number of carbonyl (C=O) groups is 1. The van der Waals surface area contributed by atoms with Crippen molar-refractivity contribution in [2.24, 2.45) is 0 Å². The average Bonchev–Trinajstić information content (AvgIpc) is 2.24. The largest absolute Gasteiger partial charge is 0.469 e. The molecule has 0 aliphatic rings. The van der Waals surface area contributed by atoms with Crippen LogP contribution in [0.4, 0.5) is 0 Å². The predicted molar refractivity (Wildman–Crippen MR) is 56.9 cm³/mol. The van der Waals surface area contributed by atoms with Crippen LogP contribution in [0.5, 0.6) is 0 Å². The van der Waals surface area contributed by atoms with Gasteiger partial charge in [-0.15, -0.1) is 0 Å². The second-order valence-electron chi connectivity index (χ2n) is 2.75. The zero-order valence-electron chi connectivity index (χ0n) is 7.88. The van der Waals surface area contributed by atoms with E-state index in [2.05, 4.69) is 4.74 Å². The first-order valence-corrected chi connectivity index (χ1v) is 4.79. The number of ether oxygens (including phenoxy) is 1. The average molecular weight is 244 g/mol. The van der Waals surface area contributed by atoms with Gasteiger partial charge in [0, 0.05) is 10.6 Å². The molecular formula is C10H7Cl2NO2. The van der Waals surface area contributed by atoms with E-state index in [1.807, 2.05) is 6.07 Å². The lowest BCUT2D eigenvalue weighted by molar-refractivity contribution is -0.139. The van der Waals surface area contributed by atoms with Gasteiger partial charge < -0.3 is 4.74 Å². The Kier molecular flexibility index (Phi) is 3.96. The molecule has 0 spiro atoms. The van der Waals surface area contributed by atoms with Crippen LogP contribution < -0.4 is 0 Å². The third-order valence-corrected chi connectivity index (χ3v) is 2.64. The van der Waals surface area contributed by atoms with E-state index in [1.54, 1.807) is 0 Å². The molecule has 1 aromatic rings. The first kappa shape index (κ1) is 11.8. The second-order valence-corrected chi connectivity index (χ2v) is 3.54. The molecule has 0 heterocycles. The molecule has 0 fully saturated rings. The summed E-state index contributed by atoms with van der Waals surface area (Å²) in [5.41, 5.74) is 0.712. The summed E-state index contributed by atoms with van der Waals surface area (Å²) in [6.45, 7) is 0. The van der Waals surface area contributed by atoms with E-state index in [1.165, 1.54) is 19.2 Å². The van der Waals surface area contributed by atoms with Crippen molar-refractivity contribution in [2.45, 2.75) is 6.42 Å². The van der Waals surface area contributed by atoms with Crippen LogP contribution in [-0.4, -0.2) is 13.1 Å². The first-order chi connectivity index (χ1) is 7.10. The summed E-state index contributed by atoms with van der Waals surface area (Å²) in [7, 11) is 1.28. The molecule has 0 N–H and O–H groups in total. The monoisotopic (exact) mass is 243 g/mol. The molecule has 1 aromatic carbocycles. The third kappa shape index (κ3) is 2.62. The van der Waals surface area contributed by atoms with Gasteiger partial charge >= 0.3 is 5.97 Å². The van der Waals surface area contributed by atoms with Crippen LogP contribution in [0.15, 0.2) is 12.1 Å². The molecule has 0 aliphatic carbocycles. The number of methoxy groups -OCH3 is 1. The number of nitrogens with zero attached hydrogens (tertiary/aromatic N) is 1. The lowest BCUT2D eigenvalue weighted by Gasteiger charge is -2.06. The number of halogens is 2. The zero-order chi connectivity index (χ0) is 11.4. The quantitative estimate of drug-likeness (QED) is 0.751. The summed E-state index contributed by atoms with van der Waals surface area (Å²) < 4.78 is 4.50. The summed E-state index contributed by atoms with van der Waals surface area (Å²) >= 11 is 11.8. The minimum Gasteiger partial charge on any atom is -0.469 e. The predicted octanol–water partition coefficient (Wildman–Crippen LogP) is 2.58. The van der Waals surface area contributed by atoms with E-state index in [0.29, 0.717) is 16.1 Å². The van der Waals surface area contributed by atoms with Gasteiger partial charge in [-0.05, 0) is 12.1 Å². The summed E-state index contributed by atoms with van der Waals surface area (Å²) in [5.74, 6) is -0.450. The molecule has 0 unspecified atom stereocenters. The van der Waals surface area contributed by atoms with Crippen molar-refractivity contribution in [3.05, 3.63) is 33.3 Å². The Bertz CT molecular complexity index is 438. The maximum absolute atomic E-state index is 11.1. The van der Waals surface area contributed by atoms with Gasteiger partial charge in [-0.1, -0.05) is 23.2 Å². The minimum atomic E-state index is -0.450. The van der Waals surface area contributed by atoms with Gasteiger partial charge in [0.15, 0.2) is 0 Å². The van der Waals surface area contributed by atoms with Crippen molar-refractivity contribution >= 4 is 29.2 Å². The molecule has 0 aliphatic heterocycles. The van der Waals surface area contributed by atoms with Crippen molar-refractivity contribution in [1.29, 1.82) is 5.26 Å². The maximum Gasteiger partial charge on any atom is 0.310 e. The van der Waals surface area contributed by atoms with Crippen molar-refractivity contribution in [3.8, 4) is 6.07 Å². The Balaban J connectivity index is 3.16. The highest BCUT2D eigenvalue weighted by Gasteiger charge is 2.14. The van der Waals surface area contributed by atoms with Crippen LogP contribution in [0.2, 0.25) is 10.0 Å². The number of rotatable bonds is 2. The second kappa shape index (κ2) is 5.01. The molecule has 0 aromatic heterocycles. The smallest absolute Gasteiger partial charge is 0.310 e. The minimum absolute atomic E-state index is 0.0380. The highest BCUT2D eigenvalue weighted by atomic mass is 35.5. The highest BCUT2D eigenvalue weighted by molar-refractivity contribution is 6.37. The van der Waals surface area contributed by atoms with Crippen LogP contribution in [-0.2, 0) is 16.0 Å². The number of carbonyl (C=O) groups excluding carboxylic acids is 1. The van der Waals surface area contributed by atoms with Crippen LogP contribution in [0.25, 0.3) is 0 Å². The molecule has 15 heavy (non-hydrogen) atoms. The molecule has 0 bridgehead atoms. The normalized spacial score (nSPS) is 9.47. The molecule has 5 heteroatoms. The van der Waals surface area contributed by atoms with Gasteiger partial charge in [0.2, 0.25) is 0 Å². The van der Waals surface area contributed by atoms with E-state index in [0.717, 1.165) is 0 Å². The molecule has 0 saturated carbocycles. The van der Waals surface area contributed by atoms with Crippen LogP contribution >= 0.6 is 23.2 Å². The molecule has 0 saturated heterocycles. The lowest BCUT2D eigenvalue weighted by Crippen LogP contribution is -2.06. The molecule has 0 amide bonds. The van der Waals surface area contributed by atoms with Gasteiger partial charge in [-0.2, -0.15) is 5.26 Å². The standard InChI is InChI=1S/C10H7Cl2NO2/c1-15-9(14)4-7-8(11)3-2-6(5-13)10(7)12/h2-3H,4H2,1H3. The molecule has 3 nitrogen and oxygen atoms in total. The molecule has 78 valence electrons. The Labute approximate surface area is 97.2 Å². The fourth-order valence-electron chi connectivity index (χ4n) is 1.06. The fraction of sp³-hybridized carbons (Fsp3) is 0.200. The van der Waals surface area contributed by atoms with Gasteiger partial charge in [-0.25, -0.2) is 0 Å². The third-order valence-electron chi connectivity index (χ3n) is 1.86. The Hall–Kier alpha value is -1.24. The van der Waals surface area contributed by atoms with Gasteiger partial charge in [0.05, 0.1) is 24.1 Å². The number of hydrogen-bond donors (Lipinski definition) is 0. The van der Waals surface area contributed by atoms with Gasteiger partial charge in [0.25, 0.3) is 0 Å². The summed E-state index contributed by atoms with van der Waals surface area (Å²) in [4.78, 5) is 11.1. The number of esters is 1. The summed E-state index contributed by atoms with van der Waals surface area (Å²) in [6, 6.07) is 4.95. The van der Waals surface area contributed by atoms with E-state index in [4.69, 9.17) is 28.5 Å². The van der Waals surface area contributed by atoms with Crippen molar-refractivity contribution in [3.63, 3.8) is 0 Å². The molecule has 0 radical (unpaired) electrons. The zero-order valence-corrected chi connectivity index (χ0v) is 9.39. The van der Waals surface area contributed by atoms with Crippen LogP contribution in [0.3, 0.4) is 0 Å². The van der Waals surface area contributed by atoms with Crippen LogP contribution in [0.1, 0.15) is 11.1 Å². The molecule has 0 atom stereocenters. The SMILES string of the molecule is COC(=O)Cc1c(Cl)ccc(C#N)c1Cl. The Morgan fingerprint density at radius 2 is 2.20 bits per heavy atom. The van der Waals surface area contributed by atoms with Gasteiger partial charge in [-0.3, -0.25) is 4.79 Å². The Morgan fingerprint density at radius 3 is 2.73 bits per heavy atom. The van der Waals surface area contributed by atoms with Crippen molar-refractivity contribution < 1.29 is 9.53 Å². The number of nitriles is 1. The van der Waals surface area contributed by atoms with Crippen LogP contribution in [0, 0.1) is 11.3 Å². The van der Waals surface area contributed by atoms with Crippen molar-refractivity contribution in [2.75, 3.05) is 7.11 Å². The van der Waals surface area contributed by atoms with Crippen molar-refractivity contribution in [1.82, 2.24) is 0 Å². The molecular weight excluding hydrogens is 237 g/mol. The maximum atomic E-state index is 11.1. The number of hydrogen-bond acceptors (Lipinski definition) is 3. The van der Waals surface area contributed by atoms with E-state index in [-0.39, 0.29) is 11.4 Å².